The minimum Gasteiger partial charge on any atom is -0.497 e. The zero-order valence-electron chi connectivity index (χ0n) is 20.7. The maximum absolute atomic E-state index is 13.1. The van der Waals surface area contributed by atoms with Gasteiger partial charge >= 0.3 is 6.09 Å². The van der Waals surface area contributed by atoms with Crippen molar-refractivity contribution >= 4 is 28.9 Å². The van der Waals surface area contributed by atoms with Crippen molar-refractivity contribution in [2.45, 2.75) is 6.54 Å². The van der Waals surface area contributed by atoms with Crippen LogP contribution in [0.25, 0.3) is 17.0 Å². The lowest BCUT2D eigenvalue weighted by Crippen LogP contribution is -2.45. The number of nitrogens with one attached hydrogen (secondary N) is 1. The van der Waals surface area contributed by atoms with E-state index in [2.05, 4.69) is 39.0 Å². The van der Waals surface area contributed by atoms with Crippen LogP contribution in [0.4, 0.5) is 4.79 Å². The molecule has 5 rings (SSSR count). The number of fused-ring (bicyclic) bond motifs is 2. The molecule has 1 fully saturated rings. The molecule has 1 N–H and O–H groups in total. The summed E-state index contributed by atoms with van der Waals surface area (Å²) >= 11 is 0. The minimum absolute atomic E-state index is 0.225. The number of ether oxygens (including phenoxy) is 3. The molecule has 9 heteroatoms. The van der Waals surface area contributed by atoms with E-state index in [1.165, 1.54) is 13.1 Å². The first-order valence-corrected chi connectivity index (χ1v) is 12.0. The number of hydrogen-bond donors (Lipinski definition) is 1. The summed E-state index contributed by atoms with van der Waals surface area (Å²) in [7, 11) is 5.27. The Morgan fingerprint density at radius 2 is 1.86 bits per heavy atom. The van der Waals surface area contributed by atoms with Crippen LogP contribution in [0.3, 0.4) is 0 Å². The number of aromatic nitrogens is 1. The normalized spacial score (nSPS) is 17.3. The summed E-state index contributed by atoms with van der Waals surface area (Å²) in [6, 6.07) is 10.7. The molecule has 1 aromatic heterocycles. The average Bonchev–Trinajstić information content (AvgIpc) is 3.40. The van der Waals surface area contributed by atoms with E-state index < -0.39 is 6.09 Å². The number of carbonyl (C=O) groups excluding carboxylic acids is 2. The molecule has 3 aromatic rings. The number of methoxy groups -OCH3 is 1. The van der Waals surface area contributed by atoms with Crippen molar-refractivity contribution < 1.29 is 23.8 Å². The molecule has 0 aliphatic carbocycles. The van der Waals surface area contributed by atoms with E-state index in [9.17, 15) is 9.59 Å². The lowest BCUT2D eigenvalue weighted by Gasteiger charge is -2.32. The molecule has 0 atom stereocenters. The fourth-order valence-corrected chi connectivity index (χ4v) is 4.58. The molecule has 1 amide bonds. The first-order valence-electron chi connectivity index (χ1n) is 12.0. The maximum Gasteiger partial charge on any atom is 0.412 e. The van der Waals surface area contributed by atoms with Crippen LogP contribution in [0.1, 0.15) is 15.9 Å². The number of Topliss-reactive ketones (excluding diaryl/α,β-unsaturated/α-hetero) is 1. The Hall–Kier alpha value is -3.82. The van der Waals surface area contributed by atoms with Gasteiger partial charge in [-0.05, 0) is 49.5 Å². The zero-order chi connectivity index (χ0) is 25.2. The van der Waals surface area contributed by atoms with Crippen LogP contribution < -0.4 is 19.5 Å². The summed E-state index contributed by atoms with van der Waals surface area (Å²) in [5, 5.41) is 3.37. The van der Waals surface area contributed by atoms with Crippen molar-refractivity contribution in [1.29, 1.82) is 0 Å². The van der Waals surface area contributed by atoms with Crippen molar-refractivity contribution in [2.75, 3.05) is 53.9 Å². The van der Waals surface area contributed by atoms with Gasteiger partial charge in [0.05, 0.1) is 12.7 Å². The summed E-state index contributed by atoms with van der Waals surface area (Å²) < 4.78 is 18.7. The number of ketones is 1. The van der Waals surface area contributed by atoms with Crippen LogP contribution in [0.15, 0.2) is 48.4 Å². The van der Waals surface area contributed by atoms with E-state index in [0.717, 1.165) is 61.5 Å². The molecular weight excluding hydrogens is 460 g/mol. The Labute approximate surface area is 209 Å². The van der Waals surface area contributed by atoms with Gasteiger partial charge in [0, 0.05) is 69.0 Å². The third-order valence-corrected chi connectivity index (χ3v) is 6.71. The highest BCUT2D eigenvalue weighted by molar-refractivity contribution is 6.15. The predicted octanol–water partition coefficient (Wildman–Crippen LogP) is 3.23. The van der Waals surface area contributed by atoms with Crippen LogP contribution in [-0.2, 0) is 6.54 Å². The van der Waals surface area contributed by atoms with Gasteiger partial charge in [0.2, 0.25) is 5.78 Å². The number of amides is 1. The molecule has 0 bridgehead atoms. The van der Waals surface area contributed by atoms with E-state index in [1.807, 2.05) is 12.1 Å². The third kappa shape index (κ3) is 4.80. The molecule has 2 aromatic carbocycles. The fraction of sp³-hybridized carbons (Fsp3) is 0.333. The lowest BCUT2D eigenvalue weighted by atomic mass is 10.1. The first kappa shape index (κ1) is 23.9. The summed E-state index contributed by atoms with van der Waals surface area (Å²) in [4.78, 5) is 29.5. The summed E-state index contributed by atoms with van der Waals surface area (Å²) in [6.45, 7) is 6.08. The van der Waals surface area contributed by atoms with Gasteiger partial charge in [0.25, 0.3) is 0 Å². The quantitative estimate of drug-likeness (QED) is 0.531. The van der Waals surface area contributed by atoms with Crippen molar-refractivity contribution in [1.82, 2.24) is 19.7 Å². The van der Waals surface area contributed by atoms with E-state index in [-0.39, 0.29) is 17.3 Å². The Kier molecular flexibility index (Phi) is 6.67. The van der Waals surface area contributed by atoms with Crippen molar-refractivity contribution in [3.05, 3.63) is 59.5 Å². The fourth-order valence-electron chi connectivity index (χ4n) is 4.58. The predicted molar refractivity (Wildman–Crippen MR) is 137 cm³/mol. The topological polar surface area (TPSA) is 85.3 Å². The highest BCUT2D eigenvalue weighted by atomic mass is 16.6. The Balaban J connectivity index is 1.42. The van der Waals surface area contributed by atoms with E-state index >= 15 is 0 Å². The highest BCUT2D eigenvalue weighted by Gasteiger charge is 2.28. The molecule has 0 unspecified atom stereocenters. The van der Waals surface area contributed by atoms with E-state index in [0.29, 0.717) is 11.3 Å². The smallest absolute Gasteiger partial charge is 0.412 e. The van der Waals surface area contributed by atoms with Crippen molar-refractivity contribution in [2.24, 2.45) is 0 Å². The Morgan fingerprint density at radius 3 is 2.61 bits per heavy atom. The molecule has 9 nitrogen and oxygen atoms in total. The van der Waals surface area contributed by atoms with Crippen LogP contribution in [0.2, 0.25) is 0 Å². The molecule has 3 heterocycles. The molecular formula is C27H30N4O5. The standard InChI is InChI=1S/C27H30N4O5/c1-28-27(33)35-20-5-7-24-22(16-20)26(32)25(36-24)14-18-17-31(13-12-30-10-8-29(2)9-11-30)23-6-4-19(34-3)15-21(18)23/h4-7,14-17H,8-13H2,1-3H3,(H,28,33). The molecule has 1 saturated heterocycles. The monoisotopic (exact) mass is 490 g/mol. The SMILES string of the molecule is CNC(=O)Oc1ccc2c(c1)C(=O)C(=Cc1cn(CCN3CCN(C)CC3)c3ccc(OC)cc13)O2. The number of likely N-dealkylation sites (N-methyl/N-ethyl adjacent to an activating group) is 1. The highest BCUT2D eigenvalue weighted by Crippen LogP contribution is 2.36. The van der Waals surface area contributed by atoms with Gasteiger partial charge in [-0.25, -0.2) is 4.79 Å². The van der Waals surface area contributed by atoms with Gasteiger partial charge in [0.1, 0.15) is 17.2 Å². The zero-order valence-corrected chi connectivity index (χ0v) is 20.7. The van der Waals surface area contributed by atoms with Crippen LogP contribution >= 0.6 is 0 Å². The van der Waals surface area contributed by atoms with Gasteiger partial charge < -0.3 is 29.0 Å². The summed E-state index contributed by atoms with van der Waals surface area (Å²) in [5.41, 5.74) is 2.31. The Morgan fingerprint density at radius 1 is 1.08 bits per heavy atom. The second kappa shape index (κ2) is 10.0. The molecule has 0 spiro atoms. The number of piperazine rings is 1. The molecule has 2 aliphatic rings. The van der Waals surface area contributed by atoms with Gasteiger partial charge in [-0.3, -0.25) is 9.69 Å². The second-order valence-corrected chi connectivity index (χ2v) is 9.04. The number of allylic oxidation sites excluding steroid dienone is 1. The molecule has 36 heavy (non-hydrogen) atoms. The number of rotatable bonds is 6. The minimum atomic E-state index is -0.601. The summed E-state index contributed by atoms with van der Waals surface area (Å²) in [6.07, 6.45) is 3.23. The summed E-state index contributed by atoms with van der Waals surface area (Å²) in [5.74, 6) is 1.43. The van der Waals surface area contributed by atoms with Crippen LogP contribution in [0.5, 0.6) is 17.2 Å². The molecule has 0 saturated carbocycles. The molecule has 188 valence electrons. The van der Waals surface area contributed by atoms with Gasteiger partial charge in [-0.2, -0.15) is 0 Å². The number of benzene rings is 2. The third-order valence-electron chi connectivity index (χ3n) is 6.71. The Bertz CT molecular complexity index is 1340. The number of carbonyl (C=O) groups is 2. The lowest BCUT2D eigenvalue weighted by molar-refractivity contribution is 0.101. The largest absolute Gasteiger partial charge is 0.497 e. The van der Waals surface area contributed by atoms with Crippen molar-refractivity contribution in [3.8, 4) is 17.2 Å². The van der Waals surface area contributed by atoms with Crippen LogP contribution in [-0.4, -0.2) is 80.2 Å². The number of hydrogen-bond acceptors (Lipinski definition) is 7. The van der Waals surface area contributed by atoms with E-state index in [1.54, 1.807) is 25.3 Å². The maximum atomic E-state index is 13.1. The average molecular weight is 491 g/mol. The van der Waals surface area contributed by atoms with Gasteiger partial charge in [-0.1, -0.05) is 0 Å². The van der Waals surface area contributed by atoms with Crippen LogP contribution in [0, 0.1) is 0 Å². The van der Waals surface area contributed by atoms with Gasteiger partial charge in [-0.15, -0.1) is 0 Å². The molecule has 0 radical (unpaired) electrons. The second-order valence-electron chi connectivity index (χ2n) is 9.04. The van der Waals surface area contributed by atoms with E-state index in [4.69, 9.17) is 14.2 Å². The molecule has 2 aliphatic heterocycles. The first-order chi connectivity index (χ1) is 17.4. The van der Waals surface area contributed by atoms with Crippen molar-refractivity contribution in [3.63, 3.8) is 0 Å². The number of nitrogens with zero attached hydrogens (tertiary/aromatic N) is 3. The van der Waals surface area contributed by atoms with Gasteiger partial charge in [0.15, 0.2) is 5.76 Å².